The van der Waals surface area contributed by atoms with Gasteiger partial charge in [0.2, 0.25) is 5.75 Å². The summed E-state index contributed by atoms with van der Waals surface area (Å²) in [5.74, 6) is 0.676. The van der Waals surface area contributed by atoms with E-state index in [2.05, 4.69) is 10.2 Å². The van der Waals surface area contributed by atoms with Gasteiger partial charge < -0.3 is 19.9 Å². The van der Waals surface area contributed by atoms with Crippen molar-refractivity contribution in [3.05, 3.63) is 17.7 Å². The highest BCUT2D eigenvalue weighted by molar-refractivity contribution is 5.85. The van der Waals surface area contributed by atoms with Crippen LogP contribution in [0, 0.1) is 0 Å². The van der Waals surface area contributed by atoms with Crippen LogP contribution in [0.1, 0.15) is 18.0 Å². The second-order valence-corrected chi connectivity index (χ2v) is 5.05. The number of alkyl halides is 1. The zero-order valence-corrected chi connectivity index (χ0v) is 13.8. The highest BCUT2D eigenvalue weighted by atomic mass is 35.5. The first-order chi connectivity index (χ1) is 10.2. The second kappa shape index (κ2) is 9.02. The first-order valence-corrected chi connectivity index (χ1v) is 7.16. The molecule has 7 heteroatoms. The first kappa shape index (κ1) is 18.8. The molecule has 126 valence electrons. The van der Waals surface area contributed by atoms with Crippen molar-refractivity contribution in [2.75, 3.05) is 47.1 Å². The lowest BCUT2D eigenvalue weighted by Crippen LogP contribution is -2.45. The van der Waals surface area contributed by atoms with Crippen LogP contribution >= 0.6 is 12.4 Å². The third-order valence-corrected chi connectivity index (χ3v) is 3.86. The van der Waals surface area contributed by atoms with Gasteiger partial charge in [-0.1, -0.05) is 0 Å². The molecule has 1 heterocycles. The molecule has 0 aliphatic carbocycles. The SMILES string of the molecule is COc1cc([C@@H](CCF)N2CCNCC2)cc(OC)c1O.Cl. The zero-order valence-electron chi connectivity index (χ0n) is 13.0. The van der Waals surface area contributed by atoms with Crippen LogP contribution in [0.25, 0.3) is 0 Å². The molecule has 0 bridgehead atoms. The molecule has 1 aliphatic heterocycles. The number of hydrogen-bond donors (Lipinski definition) is 2. The molecule has 0 radical (unpaired) electrons. The van der Waals surface area contributed by atoms with Crippen LogP contribution < -0.4 is 14.8 Å². The predicted molar refractivity (Wildman–Crippen MR) is 86.2 cm³/mol. The van der Waals surface area contributed by atoms with Crippen LogP contribution in [0.2, 0.25) is 0 Å². The van der Waals surface area contributed by atoms with E-state index in [-0.39, 0.29) is 30.9 Å². The molecule has 22 heavy (non-hydrogen) atoms. The molecule has 0 saturated carbocycles. The van der Waals surface area contributed by atoms with Crippen LogP contribution in [0.4, 0.5) is 4.39 Å². The summed E-state index contributed by atoms with van der Waals surface area (Å²) >= 11 is 0. The van der Waals surface area contributed by atoms with Crippen LogP contribution in [0.5, 0.6) is 17.2 Å². The Morgan fingerprint density at radius 1 is 1.23 bits per heavy atom. The van der Waals surface area contributed by atoms with E-state index in [9.17, 15) is 9.50 Å². The van der Waals surface area contributed by atoms with Gasteiger partial charge in [0, 0.05) is 32.2 Å². The number of methoxy groups -OCH3 is 2. The first-order valence-electron chi connectivity index (χ1n) is 7.16. The summed E-state index contributed by atoms with van der Waals surface area (Å²) in [6, 6.07) is 3.49. The lowest BCUT2D eigenvalue weighted by Gasteiger charge is -2.35. The van der Waals surface area contributed by atoms with Gasteiger partial charge in [0.05, 0.1) is 20.9 Å². The van der Waals surface area contributed by atoms with E-state index >= 15 is 0 Å². The summed E-state index contributed by atoms with van der Waals surface area (Å²) in [7, 11) is 2.99. The van der Waals surface area contributed by atoms with Crippen LogP contribution in [0.15, 0.2) is 12.1 Å². The molecule has 1 saturated heterocycles. The monoisotopic (exact) mass is 334 g/mol. The molecule has 1 aromatic carbocycles. The maximum atomic E-state index is 13.0. The third kappa shape index (κ3) is 4.15. The summed E-state index contributed by atoms with van der Waals surface area (Å²) in [5, 5.41) is 13.3. The fourth-order valence-electron chi connectivity index (χ4n) is 2.76. The average molecular weight is 335 g/mol. The van der Waals surface area contributed by atoms with Crippen molar-refractivity contribution in [2.24, 2.45) is 0 Å². The number of aromatic hydroxyl groups is 1. The molecule has 1 aromatic rings. The number of hydrogen-bond acceptors (Lipinski definition) is 5. The van der Waals surface area contributed by atoms with Gasteiger partial charge in [-0.3, -0.25) is 9.29 Å². The van der Waals surface area contributed by atoms with Crippen molar-refractivity contribution in [1.29, 1.82) is 0 Å². The molecule has 1 fully saturated rings. The Morgan fingerprint density at radius 2 is 1.77 bits per heavy atom. The number of nitrogens with one attached hydrogen (secondary N) is 1. The molecular formula is C15H24ClFN2O3. The zero-order chi connectivity index (χ0) is 15.2. The molecular weight excluding hydrogens is 311 g/mol. The number of nitrogens with zero attached hydrogens (tertiary/aromatic N) is 1. The lowest BCUT2D eigenvalue weighted by atomic mass is 10.0. The Bertz CT molecular complexity index is 445. The third-order valence-electron chi connectivity index (χ3n) is 3.86. The van der Waals surface area contributed by atoms with Crippen molar-refractivity contribution in [2.45, 2.75) is 12.5 Å². The minimum Gasteiger partial charge on any atom is -0.502 e. The van der Waals surface area contributed by atoms with Crippen molar-refractivity contribution in [3.8, 4) is 17.2 Å². The van der Waals surface area contributed by atoms with Crippen molar-refractivity contribution >= 4 is 12.4 Å². The smallest absolute Gasteiger partial charge is 0.200 e. The summed E-state index contributed by atoms with van der Waals surface area (Å²) in [6.45, 7) is 3.15. The standard InChI is InChI=1S/C15H23FN2O3.ClH/c1-20-13-9-11(10-14(21-2)15(13)19)12(3-4-16)18-7-5-17-6-8-18;/h9-10,12,17,19H,3-8H2,1-2H3;1H/t12-;/m1./s1. The van der Waals surface area contributed by atoms with Crippen molar-refractivity contribution in [3.63, 3.8) is 0 Å². The molecule has 2 rings (SSSR count). The summed E-state index contributed by atoms with van der Waals surface area (Å²) in [6.07, 6.45) is 0.414. The summed E-state index contributed by atoms with van der Waals surface area (Å²) in [5.41, 5.74) is 0.904. The fourth-order valence-corrected chi connectivity index (χ4v) is 2.76. The minimum absolute atomic E-state index is 0. The number of phenolic OH excluding ortho intramolecular Hbond substituents is 1. The maximum Gasteiger partial charge on any atom is 0.200 e. The predicted octanol–water partition coefficient (Wildman–Crippen LogP) is 2.14. The Hall–Kier alpha value is -1.24. The van der Waals surface area contributed by atoms with E-state index in [0.29, 0.717) is 17.9 Å². The maximum absolute atomic E-state index is 13.0. The van der Waals surface area contributed by atoms with Gasteiger partial charge in [-0.15, -0.1) is 12.4 Å². The number of rotatable bonds is 6. The summed E-state index contributed by atoms with van der Waals surface area (Å²) in [4.78, 5) is 2.25. The number of ether oxygens (including phenoxy) is 2. The number of piperazine rings is 1. The van der Waals surface area contributed by atoms with Gasteiger partial charge in [-0.05, 0) is 24.1 Å². The lowest BCUT2D eigenvalue weighted by molar-refractivity contribution is 0.157. The van der Waals surface area contributed by atoms with E-state index in [0.717, 1.165) is 31.7 Å². The molecule has 5 nitrogen and oxygen atoms in total. The molecule has 0 spiro atoms. The quantitative estimate of drug-likeness (QED) is 0.834. The average Bonchev–Trinajstić information content (AvgIpc) is 2.54. The Morgan fingerprint density at radius 3 is 2.23 bits per heavy atom. The molecule has 0 aromatic heterocycles. The van der Waals surface area contributed by atoms with Gasteiger partial charge in [-0.2, -0.15) is 0 Å². The minimum atomic E-state index is -0.389. The molecule has 1 aliphatic rings. The topological polar surface area (TPSA) is 54.0 Å². The van der Waals surface area contributed by atoms with Crippen molar-refractivity contribution < 1.29 is 19.0 Å². The highest BCUT2D eigenvalue weighted by Gasteiger charge is 2.24. The Labute approximate surface area is 136 Å². The second-order valence-electron chi connectivity index (χ2n) is 5.05. The van der Waals surface area contributed by atoms with Crippen LogP contribution in [0.3, 0.4) is 0 Å². The summed E-state index contributed by atoms with van der Waals surface area (Å²) < 4.78 is 23.4. The normalized spacial score (nSPS) is 16.7. The fraction of sp³-hybridized carbons (Fsp3) is 0.600. The Balaban J connectivity index is 0.00000242. The highest BCUT2D eigenvalue weighted by Crippen LogP contribution is 2.40. The van der Waals surface area contributed by atoms with Gasteiger partial charge in [0.15, 0.2) is 11.5 Å². The van der Waals surface area contributed by atoms with E-state index < -0.39 is 0 Å². The van der Waals surface area contributed by atoms with Gasteiger partial charge in [0.25, 0.3) is 0 Å². The van der Waals surface area contributed by atoms with E-state index in [1.54, 1.807) is 12.1 Å². The van der Waals surface area contributed by atoms with Crippen LogP contribution in [-0.4, -0.2) is 57.1 Å². The number of phenols is 1. The number of halogens is 2. The van der Waals surface area contributed by atoms with E-state index in [4.69, 9.17) is 9.47 Å². The molecule has 2 N–H and O–H groups in total. The number of benzene rings is 1. The molecule has 0 amide bonds. The molecule has 0 unspecified atom stereocenters. The molecule has 1 atom stereocenters. The van der Waals surface area contributed by atoms with Crippen LogP contribution in [-0.2, 0) is 0 Å². The van der Waals surface area contributed by atoms with E-state index in [1.807, 2.05) is 0 Å². The van der Waals surface area contributed by atoms with E-state index in [1.165, 1.54) is 14.2 Å². The van der Waals surface area contributed by atoms with Gasteiger partial charge in [0.1, 0.15) is 0 Å². The van der Waals surface area contributed by atoms with Gasteiger partial charge >= 0.3 is 0 Å². The largest absolute Gasteiger partial charge is 0.502 e. The van der Waals surface area contributed by atoms with Crippen molar-refractivity contribution in [1.82, 2.24) is 10.2 Å². The Kier molecular flexibility index (Phi) is 7.72. The van der Waals surface area contributed by atoms with Gasteiger partial charge in [-0.25, -0.2) is 0 Å².